The lowest BCUT2D eigenvalue weighted by atomic mass is 10.0. The number of hydrogen-bond acceptors (Lipinski definition) is 2. The maximum Gasteiger partial charge on any atom is 0.401 e. The average Bonchev–Trinajstić information content (AvgIpc) is 2.86. The van der Waals surface area contributed by atoms with Gasteiger partial charge in [0, 0.05) is 11.6 Å². The molecular weight excluding hydrogens is 305 g/mol. The zero-order chi connectivity index (χ0) is 15.5. The Hall–Kier alpha value is -1.27. The molecule has 1 heterocycles. The molecule has 2 rings (SSSR count). The van der Waals surface area contributed by atoms with E-state index in [0.29, 0.717) is 11.6 Å². The zero-order valence-electron chi connectivity index (χ0n) is 11.3. The van der Waals surface area contributed by atoms with Crippen molar-refractivity contribution in [3.05, 3.63) is 34.9 Å². The summed E-state index contributed by atoms with van der Waals surface area (Å²) < 4.78 is 36.2. The van der Waals surface area contributed by atoms with Crippen molar-refractivity contribution in [1.82, 2.24) is 10.2 Å². The van der Waals surface area contributed by atoms with Gasteiger partial charge in [0.25, 0.3) is 0 Å². The van der Waals surface area contributed by atoms with E-state index in [1.54, 1.807) is 17.0 Å². The van der Waals surface area contributed by atoms with Crippen LogP contribution in [-0.2, 0) is 4.79 Å². The van der Waals surface area contributed by atoms with E-state index < -0.39 is 12.7 Å². The van der Waals surface area contributed by atoms with Crippen molar-refractivity contribution in [3.63, 3.8) is 0 Å². The molecule has 0 radical (unpaired) electrons. The maximum atomic E-state index is 12.1. The van der Waals surface area contributed by atoms with Crippen molar-refractivity contribution < 1.29 is 18.0 Å². The molecule has 0 aromatic heterocycles. The zero-order valence-corrected chi connectivity index (χ0v) is 12.0. The Kier molecular flexibility index (Phi) is 5.11. The number of carbonyl (C=O) groups is 1. The van der Waals surface area contributed by atoms with Crippen molar-refractivity contribution in [3.8, 4) is 0 Å². The molecular formula is C14H16ClF3N2O. The number of carbonyl (C=O) groups excluding carboxylic acids is 1. The van der Waals surface area contributed by atoms with Crippen LogP contribution in [0.4, 0.5) is 13.2 Å². The minimum Gasteiger partial charge on any atom is -0.334 e. The molecule has 0 aliphatic carbocycles. The van der Waals surface area contributed by atoms with Crippen molar-refractivity contribution >= 4 is 17.5 Å². The second-order valence-electron chi connectivity index (χ2n) is 4.99. The summed E-state index contributed by atoms with van der Waals surface area (Å²) in [6, 6.07) is 7.09. The Balaban J connectivity index is 1.99. The smallest absolute Gasteiger partial charge is 0.334 e. The summed E-state index contributed by atoms with van der Waals surface area (Å²) in [5, 5.41) is 2.71. The topological polar surface area (TPSA) is 32.3 Å². The molecule has 1 amide bonds. The van der Waals surface area contributed by atoms with E-state index in [0.717, 1.165) is 18.4 Å². The van der Waals surface area contributed by atoms with Gasteiger partial charge in [0.2, 0.25) is 5.91 Å². The summed E-state index contributed by atoms with van der Waals surface area (Å²) in [5.74, 6) is -0.332. The second-order valence-corrected chi connectivity index (χ2v) is 5.39. The van der Waals surface area contributed by atoms with Crippen LogP contribution in [0.15, 0.2) is 24.3 Å². The van der Waals surface area contributed by atoms with E-state index in [9.17, 15) is 18.0 Å². The first kappa shape index (κ1) is 16.1. The molecule has 116 valence electrons. The Morgan fingerprint density at radius 2 is 2.10 bits per heavy atom. The minimum absolute atomic E-state index is 0.154. The third kappa shape index (κ3) is 4.35. The molecule has 1 aliphatic rings. The number of halogens is 4. The minimum atomic E-state index is -4.31. The highest BCUT2D eigenvalue weighted by Gasteiger charge is 2.32. The predicted molar refractivity (Wildman–Crippen MR) is 74.1 cm³/mol. The number of benzene rings is 1. The van der Waals surface area contributed by atoms with Gasteiger partial charge in [0.1, 0.15) is 0 Å². The van der Waals surface area contributed by atoms with Gasteiger partial charge in [-0.1, -0.05) is 29.8 Å². The summed E-state index contributed by atoms with van der Waals surface area (Å²) in [6.45, 7) is -0.938. The van der Waals surface area contributed by atoms with Crippen molar-refractivity contribution in [2.24, 2.45) is 0 Å². The van der Waals surface area contributed by atoms with Gasteiger partial charge < -0.3 is 10.2 Å². The Bertz CT molecular complexity index is 507. The van der Waals surface area contributed by atoms with Gasteiger partial charge in [0.05, 0.1) is 19.1 Å². The summed E-state index contributed by atoms with van der Waals surface area (Å²) in [4.78, 5) is 13.7. The van der Waals surface area contributed by atoms with E-state index in [2.05, 4.69) is 5.32 Å². The van der Waals surface area contributed by atoms with Crippen LogP contribution in [-0.4, -0.2) is 36.6 Å². The number of alkyl halides is 3. The van der Waals surface area contributed by atoms with Crippen LogP contribution < -0.4 is 5.32 Å². The van der Waals surface area contributed by atoms with Crippen molar-refractivity contribution in [2.45, 2.75) is 25.1 Å². The molecule has 1 N–H and O–H groups in total. The van der Waals surface area contributed by atoms with E-state index in [-0.39, 0.29) is 18.5 Å². The predicted octanol–water partition coefficient (Wildman–Crippen LogP) is 3.16. The third-order valence-electron chi connectivity index (χ3n) is 3.44. The molecule has 1 fully saturated rings. The van der Waals surface area contributed by atoms with Crippen LogP contribution in [0.25, 0.3) is 0 Å². The van der Waals surface area contributed by atoms with Gasteiger partial charge >= 0.3 is 6.18 Å². The third-order valence-corrected chi connectivity index (χ3v) is 3.78. The Morgan fingerprint density at radius 1 is 1.38 bits per heavy atom. The van der Waals surface area contributed by atoms with Crippen LogP contribution in [0.3, 0.4) is 0 Å². The molecule has 1 aromatic rings. The molecule has 3 nitrogen and oxygen atoms in total. The normalized spacial score (nSPS) is 19.0. The number of nitrogens with zero attached hydrogens (tertiary/aromatic N) is 1. The quantitative estimate of drug-likeness (QED) is 0.924. The fourth-order valence-corrected chi connectivity index (χ4v) is 2.81. The number of likely N-dealkylation sites (tertiary alicyclic amines) is 1. The lowest BCUT2D eigenvalue weighted by molar-refractivity contribution is -0.134. The number of hydrogen-bond donors (Lipinski definition) is 1. The van der Waals surface area contributed by atoms with Crippen molar-refractivity contribution in [2.75, 3.05) is 19.6 Å². The lowest BCUT2D eigenvalue weighted by Gasteiger charge is -2.26. The molecule has 0 spiro atoms. The lowest BCUT2D eigenvalue weighted by Crippen LogP contribution is -2.40. The highest BCUT2D eigenvalue weighted by Crippen LogP contribution is 2.35. The molecule has 1 atom stereocenters. The molecule has 1 aromatic carbocycles. The van der Waals surface area contributed by atoms with E-state index >= 15 is 0 Å². The van der Waals surface area contributed by atoms with Gasteiger partial charge in [-0.25, -0.2) is 0 Å². The molecule has 0 bridgehead atoms. The van der Waals surface area contributed by atoms with Gasteiger partial charge in [-0.3, -0.25) is 4.79 Å². The summed E-state index contributed by atoms with van der Waals surface area (Å²) in [5.41, 5.74) is 0.848. The molecule has 1 aliphatic heterocycles. The van der Waals surface area contributed by atoms with Crippen LogP contribution in [0.1, 0.15) is 24.4 Å². The first-order chi connectivity index (χ1) is 9.88. The van der Waals surface area contributed by atoms with Crippen LogP contribution in [0.2, 0.25) is 5.02 Å². The molecule has 7 heteroatoms. The highest BCUT2D eigenvalue weighted by molar-refractivity contribution is 6.31. The second kappa shape index (κ2) is 6.66. The van der Waals surface area contributed by atoms with Gasteiger partial charge in [-0.05, 0) is 24.5 Å². The Morgan fingerprint density at radius 3 is 2.76 bits per heavy atom. The van der Waals surface area contributed by atoms with Crippen molar-refractivity contribution in [1.29, 1.82) is 0 Å². The molecule has 21 heavy (non-hydrogen) atoms. The first-order valence-electron chi connectivity index (χ1n) is 6.70. The standard InChI is InChI=1S/C14H16ClF3N2O/c15-11-5-2-1-4-10(11)12-6-3-7-20(12)13(21)8-19-9-14(16,17)18/h1-2,4-5,12,19H,3,6-9H2. The van der Waals surface area contributed by atoms with Gasteiger partial charge in [-0.15, -0.1) is 0 Å². The molecule has 0 saturated carbocycles. The first-order valence-corrected chi connectivity index (χ1v) is 7.07. The SMILES string of the molecule is O=C(CNCC(F)(F)F)N1CCCC1c1ccccc1Cl. The van der Waals surface area contributed by atoms with Crippen LogP contribution >= 0.6 is 11.6 Å². The molecule has 1 saturated heterocycles. The van der Waals surface area contributed by atoms with E-state index in [4.69, 9.17) is 11.6 Å². The number of rotatable bonds is 4. The summed E-state index contributed by atoms with van der Waals surface area (Å²) in [7, 11) is 0. The van der Waals surface area contributed by atoms with Crippen LogP contribution in [0, 0.1) is 0 Å². The number of amides is 1. The monoisotopic (exact) mass is 320 g/mol. The average molecular weight is 321 g/mol. The van der Waals surface area contributed by atoms with Gasteiger partial charge in [-0.2, -0.15) is 13.2 Å². The van der Waals surface area contributed by atoms with E-state index in [1.807, 2.05) is 12.1 Å². The maximum absolute atomic E-state index is 12.1. The largest absolute Gasteiger partial charge is 0.401 e. The summed E-state index contributed by atoms with van der Waals surface area (Å²) in [6.07, 6.45) is -2.72. The summed E-state index contributed by atoms with van der Waals surface area (Å²) >= 11 is 6.14. The fraction of sp³-hybridized carbons (Fsp3) is 0.500. The van der Waals surface area contributed by atoms with Gasteiger partial charge in [0.15, 0.2) is 0 Å². The van der Waals surface area contributed by atoms with E-state index in [1.165, 1.54) is 0 Å². The number of nitrogens with one attached hydrogen (secondary N) is 1. The Labute approximate surface area is 126 Å². The highest BCUT2D eigenvalue weighted by atomic mass is 35.5. The van der Waals surface area contributed by atoms with Crippen LogP contribution in [0.5, 0.6) is 0 Å². The molecule has 1 unspecified atom stereocenters. The fourth-order valence-electron chi connectivity index (χ4n) is 2.55.